The Bertz CT molecular complexity index is 855. The molecule has 0 aromatic carbocycles. The number of rotatable bonds is 32. The van der Waals surface area contributed by atoms with Crippen LogP contribution in [0.4, 0.5) is 0 Å². The van der Waals surface area contributed by atoms with E-state index in [-0.39, 0.29) is 6.61 Å². The highest BCUT2D eigenvalue weighted by atomic mass is 16.7. The first-order valence-electron chi connectivity index (χ1n) is 20.2. The van der Waals surface area contributed by atoms with Crippen molar-refractivity contribution in [1.82, 2.24) is 5.32 Å². The molecule has 1 saturated heterocycles. The maximum Gasteiger partial charge on any atom is 0.249 e. The lowest BCUT2D eigenvalue weighted by Crippen LogP contribution is -2.60. The highest BCUT2D eigenvalue weighted by Gasteiger charge is 2.44. The van der Waals surface area contributed by atoms with Crippen molar-refractivity contribution in [3.8, 4) is 0 Å². The van der Waals surface area contributed by atoms with Crippen LogP contribution in [0.25, 0.3) is 0 Å². The lowest BCUT2D eigenvalue weighted by Gasteiger charge is -2.40. The number of allylic oxidation sites excluding steroid dienone is 3. The number of carbonyl (C=O) groups is 1. The van der Waals surface area contributed by atoms with Gasteiger partial charge >= 0.3 is 0 Å². The van der Waals surface area contributed by atoms with Crippen molar-refractivity contribution in [1.29, 1.82) is 0 Å². The first-order chi connectivity index (χ1) is 24.3. The standard InChI is InChI=1S/C40H75NO9/c1-3-5-7-9-11-13-15-17-19-20-22-24-26-28-33(43)32(31-49-40-38(47)37(46)36(45)35(30-42)50-40)41-39(48)34(44)29-27-25-23-21-18-16-14-12-10-8-6-4-2/h19-20,26,28,32-38,40,42-47H,3-18,21-25,27,29-31H2,1-2H3,(H,41,48)/b20-19-,28-26+/t32?,33?,34?,35-,36-,37+,38-,40-/m1/s1. The van der Waals surface area contributed by atoms with E-state index < -0.39 is 61.5 Å². The molecule has 50 heavy (non-hydrogen) atoms. The molecule has 0 aromatic heterocycles. The summed E-state index contributed by atoms with van der Waals surface area (Å²) in [5.41, 5.74) is 0. The Morgan fingerprint density at radius 1 is 0.680 bits per heavy atom. The molecule has 0 aromatic rings. The molecule has 1 fully saturated rings. The molecule has 1 heterocycles. The van der Waals surface area contributed by atoms with Crippen LogP contribution in [-0.2, 0) is 14.3 Å². The van der Waals surface area contributed by atoms with Gasteiger partial charge in [-0.05, 0) is 32.1 Å². The van der Waals surface area contributed by atoms with Gasteiger partial charge in [-0.25, -0.2) is 0 Å². The molecular formula is C40H75NO9. The molecule has 8 atom stereocenters. The molecule has 1 aliphatic heterocycles. The highest BCUT2D eigenvalue weighted by Crippen LogP contribution is 2.22. The summed E-state index contributed by atoms with van der Waals surface area (Å²) in [4.78, 5) is 12.9. The largest absolute Gasteiger partial charge is 0.394 e. The summed E-state index contributed by atoms with van der Waals surface area (Å²) < 4.78 is 11.1. The maximum absolute atomic E-state index is 12.9. The van der Waals surface area contributed by atoms with Crippen LogP contribution in [0.3, 0.4) is 0 Å². The third-order valence-electron chi connectivity index (χ3n) is 9.64. The van der Waals surface area contributed by atoms with Crippen molar-refractivity contribution in [2.24, 2.45) is 0 Å². The van der Waals surface area contributed by atoms with E-state index in [1.807, 2.05) is 6.08 Å². The summed E-state index contributed by atoms with van der Waals surface area (Å²) in [6.07, 6.45) is 24.1. The van der Waals surface area contributed by atoms with Crippen molar-refractivity contribution in [2.75, 3.05) is 13.2 Å². The van der Waals surface area contributed by atoms with Gasteiger partial charge in [0.15, 0.2) is 6.29 Å². The van der Waals surface area contributed by atoms with Gasteiger partial charge in [0.1, 0.15) is 30.5 Å². The Balaban J connectivity index is 2.54. The van der Waals surface area contributed by atoms with Gasteiger partial charge < -0.3 is 45.4 Å². The third-order valence-corrected chi connectivity index (χ3v) is 9.64. The Kier molecular flexibility index (Phi) is 29.1. The van der Waals surface area contributed by atoms with E-state index in [4.69, 9.17) is 9.47 Å². The van der Waals surface area contributed by atoms with Gasteiger partial charge in [-0.15, -0.1) is 0 Å². The zero-order valence-electron chi connectivity index (χ0n) is 31.5. The summed E-state index contributed by atoms with van der Waals surface area (Å²) in [6.45, 7) is 3.54. The average molecular weight is 714 g/mol. The lowest BCUT2D eigenvalue weighted by atomic mass is 9.99. The number of amides is 1. The van der Waals surface area contributed by atoms with Crippen LogP contribution in [0.2, 0.25) is 0 Å². The van der Waals surface area contributed by atoms with Crippen molar-refractivity contribution >= 4 is 5.91 Å². The summed E-state index contributed by atoms with van der Waals surface area (Å²) in [6, 6.07) is -0.990. The van der Waals surface area contributed by atoms with E-state index in [1.54, 1.807) is 6.08 Å². The molecule has 7 N–H and O–H groups in total. The molecule has 0 spiro atoms. The number of unbranched alkanes of at least 4 members (excludes halogenated alkanes) is 19. The molecule has 10 heteroatoms. The number of ether oxygens (including phenoxy) is 2. The fourth-order valence-corrected chi connectivity index (χ4v) is 6.24. The monoisotopic (exact) mass is 714 g/mol. The van der Waals surface area contributed by atoms with E-state index in [2.05, 4.69) is 31.3 Å². The highest BCUT2D eigenvalue weighted by molar-refractivity contribution is 5.80. The SMILES string of the molecule is CCCCCCCCC/C=C\CC/C=C/C(O)C(CO[C@@H]1O[C@H](CO)[C@@H](O)[C@H](O)[C@H]1O)NC(=O)C(O)CCCCCCCCCCCCCC. The number of carbonyl (C=O) groups excluding carboxylic acids is 1. The van der Waals surface area contributed by atoms with Crippen LogP contribution in [0.5, 0.6) is 0 Å². The Morgan fingerprint density at radius 3 is 1.74 bits per heavy atom. The number of aliphatic hydroxyl groups excluding tert-OH is 6. The molecule has 1 aliphatic rings. The van der Waals surface area contributed by atoms with Gasteiger partial charge in [0.05, 0.1) is 25.4 Å². The van der Waals surface area contributed by atoms with E-state index in [9.17, 15) is 35.4 Å². The first kappa shape index (κ1) is 46.7. The predicted molar refractivity (Wildman–Crippen MR) is 199 cm³/mol. The second-order valence-corrected chi connectivity index (χ2v) is 14.2. The Hall–Kier alpha value is -1.37. The van der Waals surface area contributed by atoms with Gasteiger partial charge in [-0.2, -0.15) is 0 Å². The molecule has 0 radical (unpaired) electrons. The minimum Gasteiger partial charge on any atom is -0.394 e. The minimum absolute atomic E-state index is 0.306. The van der Waals surface area contributed by atoms with Gasteiger partial charge in [0.2, 0.25) is 5.91 Å². The number of hydrogen-bond donors (Lipinski definition) is 7. The minimum atomic E-state index is -1.61. The fourth-order valence-electron chi connectivity index (χ4n) is 6.24. The second kappa shape index (κ2) is 31.2. The summed E-state index contributed by atoms with van der Waals surface area (Å²) in [5, 5.41) is 64.3. The Labute approximate surface area is 303 Å². The smallest absolute Gasteiger partial charge is 0.249 e. The fraction of sp³-hybridized carbons (Fsp3) is 0.875. The molecule has 0 saturated carbocycles. The quantitative estimate of drug-likeness (QED) is 0.0320. The normalized spacial score (nSPS) is 23.1. The van der Waals surface area contributed by atoms with Crippen molar-refractivity contribution in [2.45, 2.75) is 210 Å². The molecule has 0 aliphatic carbocycles. The molecule has 1 rings (SSSR count). The number of aliphatic hydroxyl groups is 6. The average Bonchev–Trinajstić information content (AvgIpc) is 3.11. The maximum atomic E-state index is 12.9. The van der Waals surface area contributed by atoms with Crippen molar-refractivity contribution < 1.29 is 44.9 Å². The van der Waals surface area contributed by atoms with E-state index >= 15 is 0 Å². The lowest BCUT2D eigenvalue weighted by molar-refractivity contribution is -0.302. The molecule has 294 valence electrons. The molecule has 10 nitrogen and oxygen atoms in total. The van der Waals surface area contributed by atoms with Crippen LogP contribution >= 0.6 is 0 Å². The van der Waals surface area contributed by atoms with E-state index in [0.29, 0.717) is 19.3 Å². The second-order valence-electron chi connectivity index (χ2n) is 14.2. The van der Waals surface area contributed by atoms with Crippen molar-refractivity contribution in [3.63, 3.8) is 0 Å². The summed E-state index contributed by atoms with van der Waals surface area (Å²) in [5.74, 6) is -0.628. The van der Waals surface area contributed by atoms with Gasteiger partial charge in [0, 0.05) is 0 Å². The van der Waals surface area contributed by atoms with Gasteiger partial charge in [0.25, 0.3) is 0 Å². The topological polar surface area (TPSA) is 169 Å². The zero-order valence-corrected chi connectivity index (χ0v) is 31.5. The summed E-state index contributed by atoms with van der Waals surface area (Å²) in [7, 11) is 0. The zero-order chi connectivity index (χ0) is 36.8. The van der Waals surface area contributed by atoms with Crippen LogP contribution < -0.4 is 5.32 Å². The Morgan fingerprint density at radius 2 is 1.18 bits per heavy atom. The van der Waals surface area contributed by atoms with Crippen LogP contribution in [0.15, 0.2) is 24.3 Å². The van der Waals surface area contributed by atoms with Gasteiger partial charge in [-0.1, -0.05) is 154 Å². The van der Waals surface area contributed by atoms with Crippen LogP contribution in [0.1, 0.15) is 162 Å². The van der Waals surface area contributed by atoms with Crippen LogP contribution in [0, 0.1) is 0 Å². The number of hydrogen-bond acceptors (Lipinski definition) is 9. The van der Waals surface area contributed by atoms with Crippen LogP contribution in [-0.4, -0.2) is 98.7 Å². The van der Waals surface area contributed by atoms with Crippen molar-refractivity contribution in [3.05, 3.63) is 24.3 Å². The molecule has 1 amide bonds. The number of nitrogens with one attached hydrogen (secondary N) is 1. The molecular weight excluding hydrogens is 638 g/mol. The predicted octanol–water partition coefficient (Wildman–Crippen LogP) is 6.13. The van der Waals surface area contributed by atoms with Gasteiger partial charge in [-0.3, -0.25) is 4.79 Å². The first-order valence-corrected chi connectivity index (χ1v) is 20.2. The van der Waals surface area contributed by atoms with E-state index in [0.717, 1.165) is 32.1 Å². The molecule has 3 unspecified atom stereocenters. The van der Waals surface area contributed by atoms with E-state index in [1.165, 1.54) is 96.3 Å². The molecule has 0 bridgehead atoms. The third kappa shape index (κ3) is 21.9. The summed E-state index contributed by atoms with van der Waals surface area (Å²) >= 11 is 0.